The predicted molar refractivity (Wildman–Crippen MR) is 132 cm³/mol. The number of nitrogens with zero attached hydrogens (tertiary/aromatic N) is 5. The fourth-order valence-corrected chi connectivity index (χ4v) is 4.79. The highest BCUT2D eigenvalue weighted by molar-refractivity contribution is 6.29. The smallest absolute Gasteiger partial charge is 0.323 e. The normalized spacial score (nSPS) is 20.6. The molecule has 11 heteroatoms. The summed E-state index contributed by atoms with van der Waals surface area (Å²) in [5.74, 6) is 0.158. The lowest BCUT2D eigenvalue weighted by molar-refractivity contribution is -0.434. The molecule has 35 heavy (non-hydrogen) atoms. The van der Waals surface area contributed by atoms with Gasteiger partial charge in [0, 0.05) is 32.9 Å². The number of hydrogen-bond acceptors (Lipinski definition) is 9. The maximum atomic E-state index is 13.2. The SMILES string of the molecule is CCC(C)C(C(=O)OCC1CCCO1)N1CC([N+](=O)[O-])=C(N(CC)Cc2ccc(Cl)nc2)N(C)C1. The average molecular weight is 510 g/mol. The van der Waals surface area contributed by atoms with Gasteiger partial charge in [0.25, 0.3) is 5.70 Å². The van der Waals surface area contributed by atoms with E-state index < -0.39 is 6.04 Å². The lowest BCUT2D eigenvalue weighted by atomic mass is 9.97. The Balaban J connectivity index is 1.83. The summed E-state index contributed by atoms with van der Waals surface area (Å²) in [5.41, 5.74) is 0.959. The van der Waals surface area contributed by atoms with E-state index in [1.165, 1.54) is 0 Å². The second-order valence-corrected chi connectivity index (χ2v) is 9.60. The van der Waals surface area contributed by atoms with Crippen LogP contribution in [0.2, 0.25) is 5.15 Å². The van der Waals surface area contributed by atoms with Gasteiger partial charge >= 0.3 is 5.97 Å². The molecule has 0 aromatic carbocycles. The van der Waals surface area contributed by atoms with Gasteiger partial charge in [0.2, 0.25) is 0 Å². The van der Waals surface area contributed by atoms with Crippen LogP contribution < -0.4 is 0 Å². The number of hydrogen-bond donors (Lipinski definition) is 0. The number of rotatable bonds is 11. The van der Waals surface area contributed by atoms with Gasteiger partial charge in [-0.1, -0.05) is 37.9 Å². The molecule has 3 heterocycles. The summed E-state index contributed by atoms with van der Waals surface area (Å²) in [6.45, 7) is 8.29. The first-order valence-corrected chi connectivity index (χ1v) is 12.6. The van der Waals surface area contributed by atoms with E-state index in [1.807, 2.05) is 48.6 Å². The van der Waals surface area contributed by atoms with Gasteiger partial charge in [-0.3, -0.25) is 19.8 Å². The number of aromatic nitrogens is 1. The van der Waals surface area contributed by atoms with Crippen LogP contribution in [0.15, 0.2) is 29.8 Å². The van der Waals surface area contributed by atoms with E-state index >= 15 is 0 Å². The zero-order valence-electron chi connectivity index (χ0n) is 21.0. The molecular weight excluding hydrogens is 474 g/mol. The molecule has 0 N–H and O–H groups in total. The van der Waals surface area contributed by atoms with Crippen LogP contribution >= 0.6 is 11.6 Å². The third kappa shape index (κ3) is 6.83. The highest BCUT2D eigenvalue weighted by Gasteiger charge is 2.41. The molecule has 3 rings (SSSR count). The van der Waals surface area contributed by atoms with Crippen LogP contribution in [0.25, 0.3) is 0 Å². The summed E-state index contributed by atoms with van der Waals surface area (Å²) in [6.07, 6.45) is 4.20. The third-order valence-electron chi connectivity index (χ3n) is 6.68. The molecule has 2 aliphatic heterocycles. The second-order valence-electron chi connectivity index (χ2n) is 9.21. The van der Waals surface area contributed by atoms with Crippen LogP contribution in [0, 0.1) is 16.0 Å². The van der Waals surface area contributed by atoms with Gasteiger partial charge in [-0.25, -0.2) is 4.98 Å². The summed E-state index contributed by atoms with van der Waals surface area (Å²) >= 11 is 5.90. The first-order chi connectivity index (χ1) is 16.7. The minimum atomic E-state index is -0.587. The Morgan fingerprint density at radius 2 is 2.20 bits per heavy atom. The largest absolute Gasteiger partial charge is 0.462 e. The van der Waals surface area contributed by atoms with E-state index in [2.05, 4.69) is 4.98 Å². The number of carbonyl (C=O) groups excluding carboxylic acids is 1. The fraction of sp³-hybridized carbons (Fsp3) is 0.667. The van der Waals surface area contributed by atoms with Crippen LogP contribution in [0.4, 0.5) is 0 Å². The zero-order chi connectivity index (χ0) is 25.5. The zero-order valence-corrected chi connectivity index (χ0v) is 21.7. The van der Waals surface area contributed by atoms with Gasteiger partial charge in [-0.2, -0.15) is 0 Å². The minimum Gasteiger partial charge on any atom is -0.462 e. The van der Waals surface area contributed by atoms with E-state index in [0.29, 0.717) is 37.3 Å². The second kappa shape index (κ2) is 12.5. The summed E-state index contributed by atoms with van der Waals surface area (Å²) in [4.78, 5) is 34.8. The molecule has 194 valence electrons. The molecule has 3 atom stereocenters. The maximum absolute atomic E-state index is 13.2. The Morgan fingerprint density at radius 1 is 1.43 bits per heavy atom. The molecule has 1 aromatic heterocycles. The monoisotopic (exact) mass is 509 g/mol. The van der Waals surface area contributed by atoms with Crippen molar-refractivity contribution in [1.29, 1.82) is 0 Å². The van der Waals surface area contributed by atoms with Gasteiger partial charge < -0.3 is 19.3 Å². The minimum absolute atomic E-state index is 0.0302. The Kier molecular flexibility index (Phi) is 9.71. The molecule has 0 radical (unpaired) electrons. The Labute approximate surface area is 212 Å². The number of nitro groups is 1. The molecule has 10 nitrogen and oxygen atoms in total. The number of pyridine rings is 1. The Hall–Kier alpha value is -2.43. The molecule has 3 unspecified atom stereocenters. The van der Waals surface area contributed by atoms with Gasteiger partial charge in [0.1, 0.15) is 17.8 Å². The molecule has 0 aliphatic carbocycles. The van der Waals surface area contributed by atoms with E-state index in [0.717, 1.165) is 24.8 Å². The van der Waals surface area contributed by atoms with E-state index in [1.54, 1.807) is 12.3 Å². The number of carbonyl (C=O) groups is 1. The molecular formula is C24H36ClN5O5. The molecule has 0 saturated carbocycles. The number of esters is 1. The first kappa shape index (κ1) is 27.2. The topological polar surface area (TPSA) is 101 Å². The molecule has 1 saturated heterocycles. The fourth-order valence-electron chi connectivity index (χ4n) is 4.68. The van der Waals surface area contributed by atoms with Gasteiger partial charge in [-0.15, -0.1) is 0 Å². The highest BCUT2D eigenvalue weighted by Crippen LogP contribution is 2.28. The van der Waals surface area contributed by atoms with Gasteiger partial charge in [0.15, 0.2) is 5.82 Å². The van der Waals surface area contributed by atoms with Crippen molar-refractivity contribution >= 4 is 17.6 Å². The van der Waals surface area contributed by atoms with E-state index in [4.69, 9.17) is 21.1 Å². The van der Waals surface area contributed by atoms with Crippen LogP contribution in [-0.2, 0) is 20.8 Å². The van der Waals surface area contributed by atoms with Crippen molar-refractivity contribution < 1.29 is 19.2 Å². The summed E-state index contributed by atoms with van der Waals surface area (Å²) < 4.78 is 11.2. The average Bonchev–Trinajstić information content (AvgIpc) is 3.36. The quantitative estimate of drug-likeness (QED) is 0.192. The lowest BCUT2D eigenvalue weighted by Gasteiger charge is -2.42. The van der Waals surface area contributed by atoms with Crippen LogP contribution in [0.3, 0.4) is 0 Å². The molecule has 0 spiro atoms. The predicted octanol–water partition coefficient (Wildman–Crippen LogP) is 3.34. The van der Waals surface area contributed by atoms with Crippen LogP contribution in [-0.4, -0.2) is 82.7 Å². The van der Waals surface area contributed by atoms with E-state index in [9.17, 15) is 14.9 Å². The van der Waals surface area contributed by atoms with Crippen molar-refractivity contribution in [2.75, 3.05) is 40.0 Å². The van der Waals surface area contributed by atoms with Gasteiger partial charge in [0.05, 0.1) is 24.2 Å². The molecule has 0 amide bonds. The Morgan fingerprint density at radius 3 is 2.77 bits per heavy atom. The standard InChI is InChI=1S/C24H36ClN5O5/c1-5-17(3)22(24(31)35-15-19-8-7-11-34-19)29-14-20(30(32)33)23(27(4)16-29)28(6-2)13-18-9-10-21(25)26-12-18/h9-10,12,17,19,22H,5-8,11,13-16H2,1-4H3. The summed E-state index contributed by atoms with van der Waals surface area (Å²) in [7, 11) is 1.82. The van der Waals surface area contributed by atoms with Crippen molar-refractivity contribution in [3.8, 4) is 0 Å². The highest BCUT2D eigenvalue weighted by atomic mass is 35.5. The van der Waals surface area contributed by atoms with E-state index in [-0.39, 0.29) is 41.8 Å². The molecule has 0 bridgehead atoms. The first-order valence-electron chi connectivity index (χ1n) is 12.2. The van der Waals surface area contributed by atoms with Crippen molar-refractivity contribution in [2.45, 2.75) is 58.7 Å². The molecule has 1 aromatic rings. The maximum Gasteiger partial charge on any atom is 0.323 e. The van der Waals surface area contributed by atoms with Gasteiger partial charge in [-0.05, 0) is 37.3 Å². The van der Waals surface area contributed by atoms with Crippen LogP contribution in [0.5, 0.6) is 0 Å². The Bertz CT molecular complexity index is 906. The van der Waals surface area contributed by atoms with Crippen LogP contribution in [0.1, 0.15) is 45.6 Å². The van der Waals surface area contributed by atoms with Crippen molar-refractivity contribution in [2.24, 2.45) is 5.92 Å². The number of ether oxygens (including phenoxy) is 2. The van der Waals surface area contributed by atoms with Crippen molar-refractivity contribution in [3.05, 3.63) is 50.7 Å². The summed E-state index contributed by atoms with van der Waals surface area (Å²) in [5, 5.41) is 12.6. The summed E-state index contributed by atoms with van der Waals surface area (Å²) in [6, 6.07) is 2.98. The van der Waals surface area contributed by atoms with Crippen molar-refractivity contribution in [3.63, 3.8) is 0 Å². The molecule has 2 aliphatic rings. The lowest BCUT2D eigenvalue weighted by Crippen LogP contribution is -2.55. The number of halogens is 1. The third-order valence-corrected chi connectivity index (χ3v) is 6.91. The molecule has 1 fully saturated rings. The van der Waals surface area contributed by atoms with Crippen molar-refractivity contribution in [1.82, 2.24) is 19.7 Å².